The summed E-state index contributed by atoms with van der Waals surface area (Å²) in [6, 6.07) is 39.8. The first-order valence-corrected chi connectivity index (χ1v) is 23.3. The number of likely N-dealkylation sites (tertiary alicyclic amines) is 1. The van der Waals surface area contributed by atoms with E-state index in [2.05, 4.69) is 112 Å². The number of hydrogen-bond acceptors (Lipinski definition) is 6. The highest BCUT2D eigenvalue weighted by atomic mass is 32.1. The molecule has 4 atom stereocenters. The van der Waals surface area contributed by atoms with Gasteiger partial charge in [0.25, 0.3) is 8.32 Å². The Morgan fingerprint density at radius 3 is 2.07 bits per heavy atom. The van der Waals surface area contributed by atoms with Gasteiger partial charge in [-0.2, -0.15) is 0 Å². The average Bonchev–Trinajstić information content (AvgIpc) is 3.96. The molecule has 1 aliphatic carbocycles. The first-order valence-electron chi connectivity index (χ1n) is 20.5. The number of thiophene rings is 1. The largest absolute Gasteiger partial charge is 0.507 e. The second-order valence-electron chi connectivity index (χ2n) is 17.2. The van der Waals surface area contributed by atoms with Gasteiger partial charge in [0.05, 0.1) is 37.7 Å². The third-order valence-electron chi connectivity index (χ3n) is 12.5. The summed E-state index contributed by atoms with van der Waals surface area (Å²) in [5.74, 6) is -0.920. The zero-order valence-electron chi connectivity index (χ0n) is 34.1. The average molecular weight is 808 g/mol. The fourth-order valence-corrected chi connectivity index (χ4v) is 15.1. The Labute approximate surface area is 348 Å². The Bertz CT molecular complexity index is 2270. The van der Waals surface area contributed by atoms with Crippen LogP contribution in [-0.2, 0) is 25.3 Å². The number of phenolic OH excluding ortho intramolecular Hbond substituents is 1. The number of benzene rings is 4. The number of carbonyl (C=O) groups is 2. The maximum atomic E-state index is 14.4. The third kappa shape index (κ3) is 7.47. The quantitative estimate of drug-likeness (QED) is 0.0589. The molecule has 0 spiro atoms. The minimum atomic E-state index is -2.92. The molecule has 6 nitrogen and oxygen atoms in total. The van der Waals surface area contributed by atoms with Crippen LogP contribution in [-0.4, -0.2) is 49.5 Å². The predicted molar refractivity (Wildman–Crippen MR) is 236 cm³/mol. The highest BCUT2D eigenvalue weighted by Crippen LogP contribution is 2.51. The molecule has 58 heavy (non-hydrogen) atoms. The van der Waals surface area contributed by atoms with Crippen LogP contribution < -0.4 is 10.4 Å². The highest BCUT2D eigenvalue weighted by molar-refractivity contribution is 7.09. The van der Waals surface area contributed by atoms with Crippen molar-refractivity contribution in [2.45, 2.75) is 71.6 Å². The number of aromatic hydroxyl groups is 1. The second kappa shape index (κ2) is 16.4. The standard InChI is InChI=1S/C50H53NO5SSi/c1-33-26-35(27-34(2)47(33)52)28-37(36-16-9-6-10-17-36)23-24-44-45-38(29-42-46(43(45)32-55-44)49(54)51(48(42)53)30-39-18-15-25-57-39)31-56-58(50(3,4)5,40-19-11-7-12-20-40)41-21-13-8-14-22-41/h6-22,25-28,42-44,46,52H,23-24,29-32H2,1-5H3/b37-28-/t42-,43+,44-,46-/m1/s1. The molecule has 2 aliphatic heterocycles. The van der Waals surface area contributed by atoms with Gasteiger partial charge >= 0.3 is 0 Å². The summed E-state index contributed by atoms with van der Waals surface area (Å²) in [6.07, 6.45) is 3.92. The lowest BCUT2D eigenvalue weighted by atomic mass is 9.69. The van der Waals surface area contributed by atoms with E-state index < -0.39 is 20.2 Å². The Balaban J connectivity index is 1.18. The van der Waals surface area contributed by atoms with Crippen LogP contribution in [0.15, 0.2) is 132 Å². The fraction of sp³-hybridized carbons (Fsp3) is 0.320. The van der Waals surface area contributed by atoms with Crippen LogP contribution in [0.3, 0.4) is 0 Å². The van der Waals surface area contributed by atoms with Gasteiger partial charge < -0.3 is 14.3 Å². The summed E-state index contributed by atoms with van der Waals surface area (Å²) >= 11 is 1.57. The summed E-state index contributed by atoms with van der Waals surface area (Å²) < 4.78 is 14.4. The Morgan fingerprint density at radius 2 is 1.48 bits per heavy atom. The van der Waals surface area contributed by atoms with Gasteiger partial charge in [0, 0.05) is 10.8 Å². The van der Waals surface area contributed by atoms with E-state index in [9.17, 15) is 14.7 Å². The molecule has 8 heteroatoms. The van der Waals surface area contributed by atoms with E-state index >= 15 is 0 Å². The molecule has 2 saturated heterocycles. The van der Waals surface area contributed by atoms with Gasteiger partial charge in [0.15, 0.2) is 0 Å². The van der Waals surface area contributed by atoms with Crippen molar-refractivity contribution in [2.24, 2.45) is 17.8 Å². The van der Waals surface area contributed by atoms with E-state index in [0.29, 0.717) is 38.3 Å². The van der Waals surface area contributed by atoms with E-state index in [0.717, 1.165) is 44.7 Å². The molecule has 5 aromatic rings. The summed E-state index contributed by atoms with van der Waals surface area (Å²) in [4.78, 5) is 31.2. The lowest BCUT2D eigenvalue weighted by Gasteiger charge is -2.44. The number of fused-ring (bicyclic) bond motifs is 3. The van der Waals surface area contributed by atoms with Crippen LogP contribution in [0.2, 0.25) is 5.04 Å². The summed E-state index contributed by atoms with van der Waals surface area (Å²) in [5, 5.41) is 14.7. The van der Waals surface area contributed by atoms with Crippen LogP contribution in [0, 0.1) is 31.6 Å². The first kappa shape index (κ1) is 39.9. The van der Waals surface area contributed by atoms with Gasteiger partial charge in [-0.1, -0.05) is 124 Å². The molecule has 8 rings (SSSR count). The molecule has 2 amide bonds. The molecule has 1 N–H and O–H groups in total. The van der Waals surface area contributed by atoms with Gasteiger partial charge in [0.1, 0.15) is 5.75 Å². The van der Waals surface area contributed by atoms with Gasteiger partial charge in [0.2, 0.25) is 11.8 Å². The number of nitrogens with zero attached hydrogens (tertiary/aromatic N) is 1. The number of rotatable bonds is 12. The monoisotopic (exact) mass is 807 g/mol. The summed E-state index contributed by atoms with van der Waals surface area (Å²) in [7, 11) is -2.92. The molecular formula is C50H53NO5SSi. The molecule has 0 bridgehead atoms. The molecular weight excluding hydrogens is 755 g/mol. The zero-order chi connectivity index (χ0) is 40.6. The zero-order valence-corrected chi connectivity index (χ0v) is 35.9. The molecule has 0 radical (unpaired) electrons. The molecule has 0 unspecified atom stereocenters. The number of carbonyl (C=O) groups excluding carboxylic acids is 2. The topological polar surface area (TPSA) is 76.1 Å². The first-order chi connectivity index (χ1) is 28.0. The Hall–Kier alpha value is -4.86. The number of imide groups is 1. The second-order valence-corrected chi connectivity index (χ2v) is 22.5. The smallest absolute Gasteiger partial charge is 0.261 e. The van der Waals surface area contributed by atoms with E-state index in [1.165, 1.54) is 20.8 Å². The maximum Gasteiger partial charge on any atom is 0.261 e. The van der Waals surface area contributed by atoms with Crippen LogP contribution in [0.1, 0.15) is 67.2 Å². The molecule has 3 aliphatic rings. The lowest BCUT2D eigenvalue weighted by Crippen LogP contribution is -2.66. The summed E-state index contributed by atoms with van der Waals surface area (Å²) in [5.41, 5.74) is 7.30. The molecule has 0 saturated carbocycles. The highest BCUT2D eigenvalue weighted by Gasteiger charge is 2.58. The predicted octanol–water partition coefficient (Wildman–Crippen LogP) is 9.48. The summed E-state index contributed by atoms with van der Waals surface area (Å²) in [6.45, 7) is 11.8. The van der Waals surface area contributed by atoms with Crippen molar-refractivity contribution in [3.05, 3.63) is 159 Å². The van der Waals surface area contributed by atoms with Crippen molar-refractivity contribution in [3.8, 4) is 5.75 Å². The molecule has 4 aromatic carbocycles. The van der Waals surface area contributed by atoms with Crippen molar-refractivity contribution >= 4 is 53.5 Å². The fourth-order valence-electron chi connectivity index (χ4n) is 9.85. The lowest BCUT2D eigenvalue weighted by molar-refractivity contribution is -0.140. The van der Waals surface area contributed by atoms with Crippen molar-refractivity contribution in [2.75, 3.05) is 13.2 Å². The minimum Gasteiger partial charge on any atom is -0.507 e. The normalized spacial score (nSPS) is 21.1. The van der Waals surface area contributed by atoms with Gasteiger partial charge in [-0.15, -0.1) is 11.3 Å². The van der Waals surface area contributed by atoms with Crippen molar-refractivity contribution in [3.63, 3.8) is 0 Å². The maximum absolute atomic E-state index is 14.4. The van der Waals surface area contributed by atoms with Gasteiger partial charge in [-0.3, -0.25) is 14.5 Å². The van der Waals surface area contributed by atoms with Crippen LogP contribution in [0.25, 0.3) is 11.6 Å². The number of aryl methyl sites for hydroxylation is 2. The van der Waals surface area contributed by atoms with E-state index in [1.807, 2.05) is 49.6 Å². The van der Waals surface area contributed by atoms with Crippen molar-refractivity contribution in [1.29, 1.82) is 0 Å². The number of hydrogen-bond donors (Lipinski definition) is 1. The van der Waals surface area contributed by atoms with Gasteiger partial charge in [-0.05, 0) is 111 Å². The van der Waals surface area contributed by atoms with E-state index in [4.69, 9.17) is 9.16 Å². The molecule has 2 fully saturated rings. The number of amides is 2. The molecule has 1 aromatic heterocycles. The number of allylic oxidation sites excluding steroid dienone is 1. The van der Waals surface area contributed by atoms with Crippen molar-refractivity contribution < 1.29 is 23.9 Å². The Kier molecular flexibility index (Phi) is 11.3. The molecule has 3 heterocycles. The molecule has 298 valence electrons. The van der Waals surface area contributed by atoms with Crippen LogP contribution in [0.5, 0.6) is 5.75 Å². The van der Waals surface area contributed by atoms with Crippen LogP contribution >= 0.6 is 11.3 Å². The van der Waals surface area contributed by atoms with E-state index in [-0.39, 0.29) is 28.9 Å². The Morgan fingerprint density at radius 1 is 0.862 bits per heavy atom. The third-order valence-corrected chi connectivity index (χ3v) is 18.4. The van der Waals surface area contributed by atoms with Gasteiger partial charge in [-0.25, -0.2) is 0 Å². The SMILES string of the molecule is Cc1cc(/C=C(/CC[C@H]2OC[C@H]3C2=C(CO[Si](c2ccccc2)(c2ccccc2)C(C)(C)C)C[C@H]2C(=O)N(Cc4cccs4)C(=O)[C@H]23)c2ccccc2)cc(C)c1O. The van der Waals surface area contributed by atoms with Crippen LogP contribution in [0.4, 0.5) is 0 Å². The van der Waals surface area contributed by atoms with Crippen molar-refractivity contribution in [1.82, 2.24) is 4.90 Å². The number of ether oxygens (including phenoxy) is 1. The van der Waals surface area contributed by atoms with E-state index in [1.54, 1.807) is 11.3 Å². The minimum absolute atomic E-state index is 0.0787. The number of phenols is 1.